The zero-order valence-electron chi connectivity index (χ0n) is 13.9. The molecular formula is C21H21NO2. The number of benzene rings is 1. The largest absolute Gasteiger partial charge is 0.493 e. The Hall–Kier alpha value is -2.55. The SMILES string of the molecule is COc1ccc(C=Cc2ccncc2)c2c1OC1(C=C2)CCCC1. The lowest BCUT2D eigenvalue weighted by Gasteiger charge is -2.32. The molecule has 0 radical (unpaired) electrons. The van der Waals surface area contributed by atoms with Crippen LogP contribution >= 0.6 is 0 Å². The molecule has 1 spiro atoms. The summed E-state index contributed by atoms with van der Waals surface area (Å²) in [6.07, 6.45) is 16.9. The average molecular weight is 319 g/mol. The highest BCUT2D eigenvalue weighted by atomic mass is 16.5. The fourth-order valence-electron chi connectivity index (χ4n) is 3.55. The maximum Gasteiger partial charge on any atom is 0.170 e. The lowest BCUT2D eigenvalue weighted by molar-refractivity contribution is 0.120. The van der Waals surface area contributed by atoms with Crippen molar-refractivity contribution in [1.82, 2.24) is 4.98 Å². The van der Waals surface area contributed by atoms with Gasteiger partial charge in [0.25, 0.3) is 0 Å². The maximum atomic E-state index is 6.44. The number of hydrogen-bond acceptors (Lipinski definition) is 3. The van der Waals surface area contributed by atoms with E-state index in [4.69, 9.17) is 9.47 Å². The molecule has 0 amide bonds. The van der Waals surface area contributed by atoms with Crippen LogP contribution in [0.4, 0.5) is 0 Å². The van der Waals surface area contributed by atoms with Gasteiger partial charge in [-0.2, -0.15) is 0 Å². The third-order valence-corrected chi connectivity index (χ3v) is 4.88. The molecule has 1 aliphatic heterocycles. The minimum atomic E-state index is -0.131. The Bertz CT molecular complexity index is 787. The molecule has 1 aromatic carbocycles. The fourth-order valence-corrected chi connectivity index (χ4v) is 3.55. The summed E-state index contributed by atoms with van der Waals surface area (Å²) in [4.78, 5) is 4.05. The van der Waals surface area contributed by atoms with Crippen molar-refractivity contribution in [2.45, 2.75) is 31.3 Å². The van der Waals surface area contributed by atoms with Crippen LogP contribution in [0.25, 0.3) is 18.2 Å². The summed E-state index contributed by atoms with van der Waals surface area (Å²) < 4.78 is 12.0. The molecule has 0 N–H and O–H groups in total. The number of pyridine rings is 1. The minimum absolute atomic E-state index is 0.131. The van der Waals surface area contributed by atoms with Crippen LogP contribution in [0.1, 0.15) is 42.4 Å². The van der Waals surface area contributed by atoms with E-state index in [9.17, 15) is 0 Å². The summed E-state index contributed by atoms with van der Waals surface area (Å²) in [5, 5.41) is 0. The summed E-state index contributed by atoms with van der Waals surface area (Å²) in [7, 11) is 1.70. The predicted molar refractivity (Wildman–Crippen MR) is 97.0 cm³/mol. The molecule has 1 fully saturated rings. The van der Waals surface area contributed by atoms with Crippen molar-refractivity contribution in [1.29, 1.82) is 0 Å². The lowest BCUT2D eigenvalue weighted by atomic mass is 9.94. The van der Waals surface area contributed by atoms with Gasteiger partial charge in [0.2, 0.25) is 0 Å². The Labute approximate surface area is 142 Å². The van der Waals surface area contributed by atoms with Gasteiger partial charge >= 0.3 is 0 Å². The highest BCUT2D eigenvalue weighted by Gasteiger charge is 2.37. The Morgan fingerprint density at radius 2 is 1.88 bits per heavy atom. The molecule has 0 atom stereocenters. The number of ether oxygens (including phenoxy) is 2. The van der Waals surface area contributed by atoms with Crippen molar-refractivity contribution in [3.05, 3.63) is 59.4 Å². The predicted octanol–water partition coefficient (Wildman–Crippen LogP) is 4.98. The number of rotatable bonds is 3. The van der Waals surface area contributed by atoms with Gasteiger partial charge in [0.15, 0.2) is 11.5 Å². The third kappa shape index (κ3) is 2.71. The van der Waals surface area contributed by atoms with Gasteiger partial charge < -0.3 is 9.47 Å². The number of aromatic nitrogens is 1. The molecule has 3 heteroatoms. The summed E-state index contributed by atoms with van der Waals surface area (Å²) in [5.74, 6) is 1.68. The molecular weight excluding hydrogens is 298 g/mol. The topological polar surface area (TPSA) is 31.4 Å². The molecule has 3 nitrogen and oxygen atoms in total. The molecule has 2 aliphatic rings. The van der Waals surface area contributed by atoms with Crippen molar-refractivity contribution < 1.29 is 9.47 Å². The molecule has 1 aromatic heterocycles. The van der Waals surface area contributed by atoms with E-state index in [1.165, 1.54) is 12.8 Å². The van der Waals surface area contributed by atoms with Gasteiger partial charge in [-0.05, 0) is 61.1 Å². The van der Waals surface area contributed by atoms with E-state index in [0.717, 1.165) is 41.0 Å². The molecule has 2 aromatic rings. The van der Waals surface area contributed by atoms with Gasteiger partial charge in [-0.25, -0.2) is 0 Å². The first kappa shape index (κ1) is 15.0. The molecule has 4 rings (SSSR count). The summed E-state index contributed by atoms with van der Waals surface area (Å²) in [5.41, 5.74) is 3.22. The normalized spacial score (nSPS) is 17.9. The third-order valence-electron chi connectivity index (χ3n) is 4.88. The van der Waals surface area contributed by atoms with Crippen LogP contribution in [0.15, 0.2) is 42.7 Å². The smallest absolute Gasteiger partial charge is 0.170 e. The van der Waals surface area contributed by atoms with Crippen LogP contribution in [0, 0.1) is 0 Å². The van der Waals surface area contributed by atoms with Gasteiger partial charge in [0.05, 0.1) is 7.11 Å². The summed E-state index contributed by atoms with van der Waals surface area (Å²) in [6, 6.07) is 8.06. The van der Waals surface area contributed by atoms with E-state index in [2.05, 4.69) is 35.4 Å². The van der Waals surface area contributed by atoms with Crippen LogP contribution in [0.5, 0.6) is 11.5 Å². The standard InChI is InChI=1S/C21H21NO2/c1-23-19-7-6-17(5-4-16-9-14-22-15-10-16)18-8-13-21(24-20(18)19)11-2-3-12-21/h4-10,13-15H,2-3,11-12H2,1H3. The Balaban J connectivity index is 1.72. The fraction of sp³-hybridized carbons (Fsp3) is 0.286. The summed E-state index contributed by atoms with van der Waals surface area (Å²) in [6.45, 7) is 0. The van der Waals surface area contributed by atoms with Gasteiger partial charge in [-0.15, -0.1) is 0 Å². The zero-order chi connectivity index (χ0) is 16.4. The molecule has 0 unspecified atom stereocenters. The van der Waals surface area contributed by atoms with Crippen molar-refractivity contribution in [3.63, 3.8) is 0 Å². The van der Waals surface area contributed by atoms with Crippen LogP contribution in [0.2, 0.25) is 0 Å². The highest BCUT2D eigenvalue weighted by Crippen LogP contribution is 2.46. The zero-order valence-corrected chi connectivity index (χ0v) is 13.9. The second kappa shape index (κ2) is 6.16. The number of hydrogen-bond donors (Lipinski definition) is 0. The van der Waals surface area contributed by atoms with Crippen LogP contribution < -0.4 is 9.47 Å². The van der Waals surface area contributed by atoms with Gasteiger partial charge in [-0.1, -0.05) is 24.3 Å². The van der Waals surface area contributed by atoms with E-state index < -0.39 is 0 Å². The number of nitrogens with zero attached hydrogens (tertiary/aromatic N) is 1. The average Bonchev–Trinajstić information content (AvgIpc) is 3.08. The monoisotopic (exact) mass is 319 g/mol. The van der Waals surface area contributed by atoms with Gasteiger partial charge in [0, 0.05) is 18.0 Å². The Kier molecular flexibility index (Phi) is 3.85. The Morgan fingerprint density at radius 1 is 1.08 bits per heavy atom. The summed E-state index contributed by atoms with van der Waals surface area (Å²) >= 11 is 0. The Morgan fingerprint density at radius 3 is 2.62 bits per heavy atom. The van der Waals surface area contributed by atoms with E-state index in [1.54, 1.807) is 19.5 Å². The van der Waals surface area contributed by atoms with E-state index in [1.807, 2.05) is 18.2 Å². The number of methoxy groups -OCH3 is 1. The van der Waals surface area contributed by atoms with Crippen LogP contribution in [-0.2, 0) is 0 Å². The number of fused-ring (bicyclic) bond motifs is 1. The molecule has 1 saturated carbocycles. The first-order valence-electron chi connectivity index (χ1n) is 8.47. The van der Waals surface area contributed by atoms with E-state index in [0.29, 0.717) is 0 Å². The molecule has 24 heavy (non-hydrogen) atoms. The molecule has 122 valence electrons. The second-order valence-corrected chi connectivity index (χ2v) is 6.42. The first-order chi connectivity index (χ1) is 11.8. The first-order valence-corrected chi connectivity index (χ1v) is 8.47. The highest BCUT2D eigenvalue weighted by molar-refractivity contribution is 5.80. The van der Waals surface area contributed by atoms with Crippen molar-refractivity contribution in [2.24, 2.45) is 0 Å². The lowest BCUT2D eigenvalue weighted by Crippen LogP contribution is -2.32. The van der Waals surface area contributed by atoms with E-state index >= 15 is 0 Å². The van der Waals surface area contributed by atoms with Crippen molar-refractivity contribution >= 4 is 18.2 Å². The minimum Gasteiger partial charge on any atom is -0.493 e. The van der Waals surface area contributed by atoms with Gasteiger partial charge in [0.1, 0.15) is 5.60 Å². The quantitative estimate of drug-likeness (QED) is 0.799. The van der Waals surface area contributed by atoms with Gasteiger partial charge in [-0.3, -0.25) is 4.98 Å². The van der Waals surface area contributed by atoms with Crippen LogP contribution in [-0.4, -0.2) is 17.7 Å². The molecule has 2 heterocycles. The van der Waals surface area contributed by atoms with E-state index in [-0.39, 0.29) is 5.60 Å². The molecule has 0 saturated heterocycles. The maximum absolute atomic E-state index is 6.44. The second-order valence-electron chi connectivity index (χ2n) is 6.42. The van der Waals surface area contributed by atoms with Crippen molar-refractivity contribution in [2.75, 3.05) is 7.11 Å². The van der Waals surface area contributed by atoms with Crippen LogP contribution in [0.3, 0.4) is 0 Å². The van der Waals surface area contributed by atoms with Crippen molar-refractivity contribution in [3.8, 4) is 11.5 Å². The molecule has 0 bridgehead atoms. The molecule has 1 aliphatic carbocycles.